The number of hydrogen-bond donors (Lipinski definition) is 1. The van der Waals surface area contributed by atoms with Crippen LogP contribution in [0.5, 0.6) is 0 Å². The van der Waals surface area contributed by atoms with Gasteiger partial charge in [0.25, 0.3) is 0 Å². The van der Waals surface area contributed by atoms with Gasteiger partial charge in [-0.3, -0.25) is 4.90 Å². The molecule has 3 aromatic rings. The van der Waals surface area contributed by atoms with Crippen LogP contribution in [0.4, 0.5) is 18.9 Å². The van der Waals surface area contributed by atoms with Crippen molar-refractivity contribution in [3.8, 4) is 0 Å². The van der Waals surface area contributed by atoms with Crippen molar-refractivity contribution in [3.63, 3.8) is 0 Å². The van der Waals surface area contributed by atoms with E-state index in [0.717, 1.165) is 35.7 Å². The second-order valence-corrected chi connectivity index (χ2v) is 8.14. The Labute approximate surface area is 182 Å². The fraction of sp³-hybridized carbons (Fsp3) is 0.318. The quantitative estimate of drug-likeness (QED) is 0.614. The maximum absolute atomic E-state index is 13.1. The minimum Gasteiger partial charge on any atom is -0.478 e. The van der Waals surface area contributed by atoms with Gasteiger partial charge >= 0.3 is 12.1 Å². The minimum atomic E-state index is -4.47. The molecule has 1 aliphatic heterocycles. The van der Waals surface area contributed by atoms with Crippen molar-refractivity contribution in [2.75, 3.05) is 31.1 Å². The molecule has 2 aromatic carbocycles. The molecule has 164 valence electrons. The van der Waals surface area contributed by atoms with Crippen LogP contribution in [0.1, 0.15) is 21.5 Å². The third kappa shape index (κ3) is 4.36. The first-order chi connectivity index (χ1) is 14.6. The highest BCUT2D eigenvalue weighted by molar-refractivity contribution is 6.31. The molecule has 0 aliphatic carbocycles. The summed E-state index contributed by atoms with van der Waals surface area (Å²) in [6.07, 6.45) is -2.48. The van der Waals surface area contributed by atoms with Gasteiger partial charge in [0, 0.05) is 51.4 Å². The van der Waals surface area contributed by atoms with E-state index in [4.69, 9.17) is 11.6 Å². The van der Waals surface area contributed by atoms with Crippen molar-refractivity contribution in [2.24, 2.45) is 7.05 Å². The molecule has 4 rings (SSSR count). The average molecular weight is 452 g/mol. The van der Waals surface area contributed by atoms with Gasteiger partial charge in [-0.25, -0.2) is 4.79 Å². The molecular formula is C22H21ClF3N3O2. The molecule has 31 heavy (non-hydrogen) atoms. The van der Waals surface area contributed by atoms with E-state index in [1.165, 1.54) is 6.07 Å². The van der Waals surface area contributed by atoms with E-state index in [-0.39, 0.29) is 10.6 Å². The van der Waals surface area contributed by atoms with Crippen molar-refractivity contribution in [1.29, 1.82) is 0 Å². The molecule has 1 saturated heterocycles. The van der Waals surface area contributed by atoms with E-state index in [9.17, 15) is 23.1 Å². The summed E-state index contributed by atoms with van der Waals surface area (Å²) in [5.74, 6) is -0.964. The molecule has 1 fully saturated rings. The zero-order valence-electron chi connectivity index (χ0n) is 16.8. The van der Waals surface area contributed by atoms with E-state index < -0.39 is 17.7 Å². The summed E-state index contributed by atoms with van der Waals surface area (Å²) in [5.41, 5.74) is 1.89. The van der Waals surface area contributed by atoms with E-state index in [1.54, 1.807) is 18.2 Å². The normalized spacial score (nSPS) is 15.6. The third-order valence-corrected chi connectivity index (χ3v) is 6.00. The van der Waals surface area contributed by atoms with E-state index in [0.29, 0.717) is 25.2 Å². The second-order valence-electron chi connectivity index (χ2n) is 7.74. The van der Waals surface area contributed by atoms with Crippen LogP contribution in [0.25, 0.3) is 10.9 Å². The maximum Gasteiger partial charge on any atom is 0.417 e. The molecule has 0 radical (unpaired) electrons. The number of rotatable bonds is 4. The van der Waals surface area contributed by atoms with Gasteiger partial charge in [-0.15, -0.1) is 0 Å². The number of carboxylic acid groups (broad SMARTS) is 1. The topological polar surface area (TPSA) is 48.7 Å². The molecule has 0 unspecified atom stereocenters. The van der Waals surface area contributed by atoms with Gasteiger partial charge in [0.1, 0.15) is 0 Å². The number of aryl methyl sites for hydroxylation is 1. The smallest absolute Gasteiger partial charge is 0.417 e. The van der Waals surface area contributed by atoms with Crippen LogP contribution in [0.3, 0.4) is 0 Å². The highest BCUT2D eigenvalue weighted by atomic mass is 35.5. The highest BCUT2D eigenvalue weighted by Gasteiger charge is 2.33. The number of piperazine rings is 1. The lowest BCUT2D eigenvalue weighted by atomic mass is 10.1. The minimum absolute atomic E-state index is 0.242. The van der Waals surface area contributed by atoms with Crippen molar-refractivity contribution in [2.45, 2.75) is 12.7 Å². The molecule has 0 bridgehead atoms. The first-order valence-corrected chi connectivity index (χ1v) is 10.2. The fourth-order valence-electron chi connectivity index (χ4n) is 4.04. The fourth-order valence-corrected chi connectivity index (χ4v) is 4.27. The lowest BCUT2D eigenvalue weighted by Crippen LogP contribution is -2.45. The lowest BCUT2D eigenvalue weighted by molar-refractivity contribution is -0.137. The first-order valence-electron chi connectivity index (χ1n) is 9.79. The number of nitrogens with zero attached hydrogens (tertiary/aromatic N) is 3. The average Bonchev–Trinajstić information content (AvgIpc) is 3.05. The Balaban J connectivity index is 1.47. The van der Waals surface area contributed by atoms with Gasteiger partial charge < -0.3 is 14.6 Å². The van der Waals surface area contributed by atoms with Crippen molar-refractivity contribution in [3.05, 3.63) is 64.3 Å². The number of aromatic carboxylic acids is 1. The lowest BCUT2D eigenvalue weighted by Gasteiger charge is -2.36. The number of anilines is 1. The van der Waals surface area contributed by atoms with Crippen LogP contribution in [0, 0.1) is 0 Å². The number of halogens is 4. The first kappa shape index (κ1) is 21.5. The van der Waals surface area contributed by atoms with Crippen LogP contribution in [-0.4, -0.2) is 46.7 Å². The summed E-state index contributed by atoms with van der Waals surface area (Å²) in [7, 11) is 1.88. The Morgan fingerprint density at radius 2 is 1.81 bits per heavy atom. The van der Waals surface area contributed by atoms with Gasteiger partial charge in [0.05, 0.1) is 27.4 Å². The number of aromatic nitrogens is 1. The largest absolute Gasteiger partial charge is 0.478 e. The van der Waals surface area contributed by atoms with Crippen molar-refractivity contribution < 1.29 is 23.1 Å². The monoisotopic (exact) mass is 451 g/mol. The molecular weight excluding hydrogens is 431 g/mol. The van der Waals surface area contributed by atoms with Gasteiger partial charge in [-0.05, 0) is 35.9 Å². The highest BCUT2D eigenvalue weighted by Crippen LogP contribution is 2.35. The van der Waals surface area contributed by atoms with Gasteiger partial charge in [-0.1, -0.05) is 17.7 Å². The zero-order chi connectivity index (χ0) is 22.3. The Kier molecular flexibility index (Phi) is 5.61. The van der Waals surface area contributed by atoms with Crippen LogP contribution in [-0.2, 0) is 19.8 Å². The molecule has 2 heterocycles. The van der Waals surface area contributed by atoms with Crippen LogP contribution in [0.15, 0.2) is 42.6 Å². The van der Waals surface area contributed by atoms with Gasteiger partial charge in [-0.2, -0.15) is 13.2 Å². The predicted molar refractivity (Wildman–Crippen MR) is 114 cm³/mol. The number of alkyl halides is 3. The number of carbonyl (C=O) groups is 1. The predicted octanol–water partition coefficient (Wildman–Crippen LogP) is 4.87. The summed E-state index contributed by atoms with van der Waals surface area (Å²) < 4.78 is 41.2. The van der Waals surface area contributed by atoms with Gasteiger partial charge in [0.15, 0.2) is 0 Å². The molecule has 1 aliphatic rings. The maximum atomic E-state index is 13.1. The summed E-state index contributed by atoms with van der Waals surface area (Å²) in [6.45, 7) is 3.27. The molecule has 0 spiro atoms. The number of hydrogen-bond acceptors (Lipinski definition) is 3. The number of benzene rings is 2. The Morgan fingerprint density at radius 1 is 1.10 bits per heavy atom. The number of carboxylic acids is 1. The summed E-state index contributed by atoms with van der Waals surface area (Å²) in [4.78, 5) is 15.6. The van der Waals surface area contributed by atoms with Gasteiger partial charge in [0.2, 0.25) is 0 Å². The zero-order valence-corrected chi connectivity index (χ0v) is 17.5. The SMILES string of the molecule is Cn1cc(N2CCN(Cc3ccc(Cl)c(C(F)(F)F)c3)CC2)c2ccc(C(=O)O)cc21. The summed E-state index contributed by atoms with van der Waals surface area (Å²) in [5, 5.41) is 9.91. The number of fused-ring (bicyclic) bond motifs is 1. The van der Waals surface area contributed by atoms with E-state index in [1.807, 2.05) is 23.9 Å². The van der Waals surface area contributed by atoms with Crippen LogP contribution >= 0.6 is 11.6 Å². The Bertz CT molecular complexity index is 1130. The molecule has 0 saturated carbocycles. The molecule has 0 amide bonds. The van der Waals surface area contributed by atoms with Crippen molar-refractivity contribution >= 4 is 34.2 Å². The summed E-state index contributed by atoms with van der Waals surface area (Å²) in [6, 6.07) is 9.15. The molecule has 1 N–H and O–H groups in total. The van der Waals surface area contributed by atoms with E-state index >= 15 is 0 Å². The van der Waals surface area contributed by atoms with Crippen LogP contribution < -0.4 is 4.90 Å². The molecule has 1 aromatic heterocycles. The second kappa shape index (κ2) is 8.09. The Hall–Kier alpha value is -2.71. The van der Waals surface area contributed by atoms with E-state index in [2.05, 4.69) is 9.80 Å². The third-order valence-electron chi connectivity index (χ3n) is 5.67. The standard InChI is InChI=1S/C22H21ClF3N3O2/c1-27-13-20(16-4-3-15(21(30)31)11-19(16)27)29-8-6-28(7-9-29)12-14-2-5-18(23)17(10-14)22(24,25)26/h2-5,10-11,13H,6-9,12H2,1H3,(H,30,31). The van der Waals surface area contributed by atoms with Crippen LogP contribution in [0.2, 0.25) is 5.02 Å². The molecule has 0 atom stereocenters. The molecule has 5 nitrogen and oxygen atoms in total. The summed E-state index contributed by atoms with van der Waals surface area (Å²) >= 11 is 5.71. The van der Waals surface area contributed by atoms with Crippen molar-refractivity contribution in [1.82, 2.24) is 9.47 Å². The molecule has 9 heteroatoms. The Morgan fingerprint density at radius 3 is 2.45 bits per heavy atom.